The van der Waals surface area contributed by atoms with Gasteiger partial charge in [0.2, 0.25) is 0 Å². The molecule has 3 heteroatoms. The Morgan fingerprint density at radius 3 is 2.55 bits per heavy atom. The molecule has 0 spiro atoms. The van der Waals surface area contributed by atoms with Crippen molar-refractivity contribution in [3.8, 4) is 11.8 Å². The molecular formula is C17H20O3. The predicted molar refractivity (Wildman–Crippen MR) is 77.0 cm³/mol. The number of hydrogen-bond donors (Lipinski definition) is 0. The zero-order chi connectivity index (χ0) is 14.2. The SMILES string of the molecule is COC(=O)C1CCC(OCC#Cc2ccccc2)CC1. The van der Waals surface area contributed by atoms with Crippen LogP contribution in [-0.2, 0) is 14.3 Å². The zero-order valence-corrected chi connectivity index (χ0v) is 11.8. The minimum absolute atomic E-state index is 0.0512. The van der Waals surface area contributed by atoms with Crippen LogP contribution in [0.5, 0.6) is 0 Å². The first-order valence-electron chi connectivity index (χ1n) is 7.03. The molecule has 0 heterocycles. The van der Waals surface area contributed by atoms with Crippen LogP contribution in [0.3, 0.4) is 0 Å². The van der Waals surface area contributed by atoms with Gasteiger partial charge < -0.3 is 9.47 Å². The molecule has 1 saturated carbocycles. The van der Waals surface area contributed by atoms with E-state index in [1.807, 2.05) is 30.3 Å². The van der Waals surface area contributed by atoms with Gasteiger partial charge in [0.25, 0.3) is 0 Å². The van der Waals surface area contributed by atoms with Crippen LogP contribution in [-0.4, -0.2) is 25.8 Å². The van der Waals surface area contributed by atoms with Crippen molar-refractivity contribution in [3.63, 3.8) is 0 Å². The van der Waals surface area contributed by atoms with Crippen LogP contribution >= 0.6 is 0 Å². The Bertz CT molecular complexity index is 476. The van der Waals surface area contributed by atoms with Crippen LogP contribution in [0.2, 0.25) is 0 Å². The molecule has 1 aliphatic carbocycles. The lowest BCUT2D eigenvalue weighted by molar-refractivity contribution is -0.147. The number of ether oxygens (including phenoxy) is 2. The molecule has 1 aromatic carbocycles. The van der Waals surface area contributed by atoms with E-state index in [1.54, 1.807) is 0 Å². The summed E-state index contributed by atoms with van der Waals surface area (Å²) < 4.78 is 10.5. The van der Waals surface area contributed by atoms with Crippen molar-refractivity contribution >= 4 is 5.97 Å². The third kappa shape index (κ3) is 4.40. The third-order valence-electron chi connectivity index (χ3n) is 3.61. The number of carbonyl (C=O) groups is 1. The number of methoxy groups -OCH3 is 1. The van der Waals surface area contributed by atoms with E-state index in [9.17, 15) is 4.79 Å². The van der Waals surface area contributed by atoms with Gasteiger partial charge in [-0.2, -0.15) is 0 Å². The van der Waals surface area contributed by atoms with E-state index < -0.39 is 0 Å². The molecule has 20 heavy (non-hydrogen) atoms. The van der Waals surface area contributed by atoms with Crippen LogP contribution in [0, 0.1) is 17.8 Å². The van der Waals surface area contributed by atoms with Crippen LogP contribution < -0.4 is 0 Å². The van der Waals surface area contributed by atoms with E-state index >= 15 is 0 Å². The molecule has 2 rings (SSSR count). The summed E-state index contributed by atoms with van der Waals surface area (Å²) in [6.45, 7) is 0.447. The number of rotatable bonds is 3. The monoisotopic (exact) mass is 272 g/mol. The van der Waals surface area contributed by atoms with Gasteiger partial charge in [0.1, 0.15) is 6.61 Å². The predicted octanol–water partition coefficient (Wildman–Crippen LogP) is 2.79. The molecule has 1 fully saturated rings. The van der Waals surface area contributed by atoms with Crippen LogP contribution in [0.1, 0.15) is 31.2 Å². The minimum Gasteiger partial charge on any atom is -0.469 e. The van der Waals surface area contributed by atoms with E-state index in [1.165, 1.54) is 7.11 Å². The van der Waals surface area contributed by atoms with E-state index in [-0.39, 0.29) is 18.0 Å². The topological polar surface area (TPSA) is 35.5 Å². The maximum atomic E-state index is 11.4. The number of carbonyl (C=O) groups excluding carboxylic acids is 1. The largest absolute Gasteiger partial charge is 0.469 e. The van der Waals surface area contributed by atoms with E-state index in [0.29, 0.717) is 6.61 Å². The standard InChI is InChI=1S/C17H20O3/c1-19-17(18)15-9-11-16(12-10-15)20-13-5-8-14-6-3-2-4-7-14/h2-4,6-7,15-16H,9-13H2,1H3. The van der Waals surface area contributed by atoms with Gasteiger partial charge in [-0.05, 0) is 37.8 Å². The molecule has 0 amide bonds. The highest BCUT2D eigenvalue weighted by atomic mass is 16.5. The highest BCUT2D eigenvalue weighted by molar-refractivity contribution is 5.72. The molecule has 0 radical (unpaired) electrons. The quantitative estimate of drug-likeness (QED) is 0.627. The summed E-state index contributed by atoms with van der Waals surface area (Å²) in [4.78, 5) is 11.4. The summed E-state index contributed by atoms with van der Waals surface area (Å²) in [5.74, 6) is 6.06. The Labute approximate surface area is 120 Å². The number of esters is 1. The van der Waals surface area contributed by atoms with E-state index in [4.69, 9.17) is 9.47 Å². The zero-order valence-electron chi connectivity index (χ0n) is 11.8. The van der Waals surface area contributed by atoms with Crippen LogP contribution in [0.25, 0.3) is 0 Å². The third-order valence-corrected chi connectivity index (χ3v) is 3.61. The fourth-order valence-corrected chi connectivity index (χ4v) is 2.45. The first kappa shape index (κ1) is 14.6. The first-order chi connectivity index (χ1) is 9.79. The summed E-state index contributed by atoms with van der Waals surface area (Å²) in [7, 11) is 1.45. The smallest absolute Gasteiger partial charge is 0.308 e. The van der Waals surface area contributed by atoms with Crippen molar-refractivity contribution in [1.82, 2.24) is 0 Å². The van der Waals surface area contributed by atoms with Crippen molar-refractivity contribution in [2.75, 3.05) is 13.7 Å². The molecule has 0 bridgehead atoms. The lowest BCUT2D eigenvalue weighted by atomic mass is 9.87. The number of hydrogen-bond acceptors (Lipinski definition) is 3. The molecule has 0 aromatic heterocycles. The normalized spacial score (nSPS) is 21.6. The summed E-state index contributed by atoms with van der Waals surface area (Å²) in [5, 5.41) is 0. The van der Waals surface area contributed by atoms with Crippen LogP contribution in [0.4, 0.5) is 0 Å². The van der Waals surface area contributed by atoms with E-state index in [2.05, 4.69) is 11.8 Å². The van der Waals surface area contributed by atoms with Gasteiger partial charge in [0, 0.05) is 5.56 Å². The average Bonchev–Trinajstić information content (AvgIpc) is 2.52. The Balaban J connectivity index is 1.69. The lowest BCUT2D eigenvalue weighted by Gasteiger charge is -2.26. The molecule has 0 N–H and O–H groups in total. The Hall–Kier alpha value is -1.79. The first-order valence-corrected chi connectivity index (χ1v) is 7.03. The van der Waals surface area contributed by atoms with Gasteiger partial charge in [-0.25, -0.2) is 0 Å². The fraction of sp³-hybridized carbons (Fsp3) is 0.471. The molecule has 0 saturated heterocycles. The second-order valence-corrected chi connectivity index (χ2v) is 4.98. The second-order valence-electron chi connectivity index (χ2n) is 4.98. The van der Waals surface area contributed by atoms with Crippen LogP contribution in [0.15, 0.2) is 30.3 Å². The van der Waals surface area contributed by atoms with Crippen molar-refractivity contribution in [2.24, 2.45) is 5.92 Å². The second kappa shape index (κ2) is 7.72. The maximum Gasteiger partial charge on any atom is 0.308 e. The fourth-order valence-electron chi connectivity index (χ4n) is 2.45. The van der Waals surface area contributed by atoms with Gasteiger partial charge in [-0.15, -0.1) is 0 Å². The van der Waals surface area contributed by atoms with Crippen molar-refractivity contribution in [3.05, 3.63) is 35.9 Å². The lowest BCUT2D eigenvalue weighted by Crippen LogP contribution is -2.27. The molecule has 0 aliphatic heterocycles. The summed E-state index contributed by atoms with van der Waals surface area (Å²) in [5.41, 5.74) is 1.01. The molecular weight excluding hydrogens is 252 g/mol. The van der Waals surface area contributed by atoms with E-state index in [0.717, 1.165) is 31.2 Å². The van der Waals surface area contributed by atoms with Gasteiger partial charge in [-0.1, -0.05) is 30.0 Å². The Morgan fingerprint density at radius 1 is 1.20 bits per heavy atom. The minimum atomic E-state index is -0.0904. The molecule has 0 unspecified atom stereocenters. The van der Waals surface area contributed by atoms with Gasteiger partial charge in [0.15, 0.2) is 0 Å². The highest BCUT2D eigenvalue weighted by Crippen LogP contribution is 2.26. The number of benzene rings is 1. The highest BCUT2D eigenvalue weighted by Gasteiger charge is 2.26. The van der Waals surface area contributed by atoms with Crippen molar-refractivity contribution in [1.29, 1.82) is 0 Å². The molecule has 1 aromatic rings. The summed E-state index contributed by atoms with van der Waals surface area (Å²) >= 11 is 0. The molecule has 106 valence electrons. The van der Waals surface area contributed by atoms with Gasteiger partial charge in [0.05, 0.1) is 19.1 Å². The summed E-state index contributed by atoms with van der Waals surface area (Å²) in [6.07, 6.45) is 3.74. The van der Waals surface area contributed by atoms with Crippen molar-refractivity contribution in [2.45, 2.75) is 31.8 Å². The molecule has 3 nitrogen and oxygen atoms in total. The summed E-state index contributed by atoms with van der Waals surface area (Å²) in [6, 6.07) is 9.88. The van der Waals surface area contributed by atoms with Crippen molar-refractivity contribution < 1.29 is 14.3 Å². The van der Waals surface area contributed by atoms with Gasteiger partial charge >= 0.3 is 5.97 Å². The average molecular weight is 272 g/mol. The molecule has 0 atom stereocenters. The Kier molecular flexibility index (Phi) is 5.64. The van der Waals surface area contributed by atoms with Gasteiger partial charge in [-0.3, -0.25) is 4.79 Å². The Morgan fingerprint density at radius 2 is 1.90 bits per heavy atom. The maximum absolute atomic E-state index is 11.4. The molecule has 1 aliphatic rings.